The summed E-state index contributed by atoms with van der Waals surface area (Å²) in [5, 5.41) is 87.1. The van der Waals surface area contributed by atoms with Crippen LogP contribution in [0.25, 0.3) is 0 Å². The maximum atomic E-state index is 13.3. The fourth-order valence-corrected chi connectivity index (χ4v) is 12.0. The summed E-state index contributed by atoms with van der Waals surface area (Å²) in [6, 6.07) is -0.823. The molecule has 2 aliphatic rings. The van der Waals surface area contributed by atoms with Crippen LogP contribution >= 0.6 is 0 Å². The van der Waals surface area contributed by atoms with Gasteiger partial charge < -0.3 is 65.1 Å². The average Bonchev–Trinajstić information content (AvgIpc) is 2.28. The Morgan fingerprint density at radius 3 is 1.19 bits per heavy atom. The Balaban J connectivity index is 1.48. The zero-order chi connectivity index (χ0) is 60.9. The Hall–Kier alpha value is -1.53. The molecule has 0 bridgehead atoms. The van der Waals surface area contributed by atoms with Crippen molar-refractivity contribution in [2.45, 2.75) is 396 Å². The molecular formula is C70H133NO13. The topological polar surface area (TPSA) is 228 Å². The summed E-state index contributed by atoms with van der Waals surface area (Å²) in [5.41, 5.74) is 0. The predicted molar refractivity (Wildman–Crippen MR) is 342 cm³/mol. The highest BCUT2D eigenvalue weighted by Gasteiger charge is 2.51. The van der Waals surface area contributed by atoms with Crippen LogP contribution in [0.1, 0.15) is 322 Å². The maximum absolute atomic E-state index is 13.3. The molecule has 12 unspecified atom stereocenters. The summed E-state index contributed by atoms with van der Waals surface area (Å²) in [4.78, 5) is 13.3. The summed E-state index contributed by atoms with van der Waals surface area (Å²) in [6.45, 7) is 2.85. The highest BCUT2D eigenvalue weighted by Crippen LogP contribution is 2.30. The molecule has 0 aromatic carbocycles. The fraction of sp³-hybridized carbons (Fsp3) is 0.929. The van der Waals surface area contributed by atoms with E-state index < -0.39 is 86.8 Å². The van der Waals surface area contributed by atoms with E-state index in [4.69, 9.17) is 18.9 Å². The number of hydrogen-bond donors (Lipinski definition) is 9. The summed E-state index contributed by atoms with van der Waals surface area (Å²) in [5.74, 6) is -0.203. The number of aliphatic hydroxyl groups excluding tert-OH is 8. The quantitative estimate of drug-likeness (QED) is 0.0204. The standard InChI is InChI=1S/C70H133NO13/c1-3-5-7-9-11-13-14-15-16-17-18-19-20-21-22-23-24-25-26-27-28-29-30-31-32-33-34-35-36-37-38-39-40-41-42-43-44-46-48-50-52-54-62(75)71-58(59(74)53-51-49-47-45-12-10-8-6-4-2)57-81-69-67(80)65(78)68(61(56-73)83-69)84-70-66(79)64(77)63(76)60(55-72)82-70/h14-15,17-18,58-61,63-70,72-74,76-80H,3-13,16,19-57H2,1-2H3,(H,71,75)/b15-14-,18-17-. The first-order valence-electron chi connectivity index (χ1n) is 35.6. The normalized spacial score (nSPS) is 23.7. The minimum absolute atomic E-state index is 0.203. The molecule has 0 radical (unpaired) electrons. The van der Waals surface area contributed by atoms with Gasteiger partial charge in [-0.15, -0.1) is 0 Å². The van der Waals surface area contributed by atoms with Crippen LogP contribution in [0.5, 0.6) is 0 Å². The molecule has 0 spiro atoms. The van der Waals surface area contributed by atoms with Crippen LogP contribution in [-0.2, 0) is 23.7 Å². The molecule has 14 nitrogen and oxygen atoms in total. The summed E-state index contributed by atoms with van der Waals surface area (Å²) in [7, 11) is 0. The van der Waals surface area contributed by atoms with E-state index in [0.29, 0.717) is 12.8 Å². The van der Waals surface area contributed by atoms with Gasteiger partial charge >= 0.3 is 0 Å². The number of unbranched alkanes of at least 4 members (excludes halogenated alkanes) is 42. The third kappa shape index (κ3) is 39.5. The Bertz CT molecular complexity index is 1500. The molecule has 2 aliphatic heterocycles. The molecule has 2 saturated heterocycles. The van der Waals surface area contributed by atoms with E-state index in [-0.39, 0.29) is 12.5 Å². The largest absolute Gasteiger partial charge is 0.394 e. The van der Waals surface area contributed by atoms with Crippen molar-refractivity contribution in [1.82, 2.24) is 5.32 Å². The molecular weight excluding hydrogens is 1060 g/mol. The maximum Gasteiger partial charge on any atom is 0.220 e. The molecule has 0 aromatic rings. The summed E-state index contributed by atoms with van der Waals surface area (Å²) in [6.07, 6.45) is 52.7. The van der Waals surface area contributed by atoms with Crippen LogP contribution in [0.2, 0.25) is 0 Å². The third-order valence-electron chi connectivity index (χ3n) is 17.7. The fourth-order valence-electron chi connectivity index (χ4n) is 12.0. The van der Waals surface area contributed by atoms with Crippen molar-refractivity contribution in [3.05, 3.63) is 24.3 Å². The molecule has 496 valence electrons. The minimum atomic E-state index is -1.78. The van der Waals surface area contributed by atoms with Crippen molar-refractivity contribution in [3.63, 3.8) is 0 Å². The monoisotopic (exact) mass is 1200 g/mol. The molecule has 0 saturated carbocycles. The van der Waals surface area contributed by atoms with Crippen LogP contribution in [-0.4, -0.2) is 140 Å². The van der Waals surface area contributed by atoms with Crippen LogP contribution < -0.4 is 5.32 Å². The lowest BCUT2D eigenvalue weighted by molar-refractivity contribution is -0.359. The van der Waals surface area contributed by atoms with Gasteiger partial charge in [-0.3, -0.25) is 4.79 Å². The highest BCUT2D eigenvalue weighted by atomic mass is 16.7. The first-order chi connectivity index (χ1) is 41.1. The number of carbonyl (C=O) groups excluding carboxylic acids is 1. The van der Waals surface area contributed by atoms with Gasteiger partial charge in [-0.1, -0.05) is 295 Å². The van der Waals surface area contributed by atoms with E-state index in [1.165, 1.54) is 238 Å². The molecule has 2 fully saturated rings. The van der Waals surface area contributed by atoms with Crippen molar-refractivity contribution in [3.8, 4) is 0 Å². The molecule has 1 amide bonds. The number of hydrogen-bond acceptors (Lipinski definition) is 13. The van der Waals surface area contributed by atoms with Gasteiger partial charge in [0, 0.05) is 6.42 Å². The van der Waals surface area contributed by atoms with Crippen molar-refractivity contribution >= 4 is 5.91 Å². The zero-order valence-corrected chi connectivity index (χ0v) is 53.9. The number of carbonyl (C=O) groups is 1. The van der Waals surface area contributed by atoms with Gasteiger partial charge in [0.05, 0.1) is 32.0 Å². The first kappa shape index (κ1) is 78.6. The number of ether oxygens (including phenoxy) is 4. The average molecular weight is 1200 g/mol. The number of amides is 1. The van der Waals surface area contributed by atoms with Crippen LogP contribution in [0, 0.1) is 0 Å². The van der Waals surface area contributed by atoms with E-state index in [9.17, 15) is 45.6 Å². The van der Waals surface area contributed by atoms with Gasteiger partial charge in [-0.25, -0.2) is 0 Å². The predicted octanol–water partition coefficient (Wildman–Crippen LogP) is 14.3. The van der Waals surface area contributed by atoms with Gasteiger partial charge in [0.25, 0.3) is 0 Å². The zero-order valence-electron chi connectivity index (χ0n) is 53.9. The lowest BCUT2D eigenvalue weighted by Crippen LogP contribution is -2.65. The number of nitrogens with one attached hydrogen (secondary N) is 1. The second-order valence-electron chi connectivity index (χ2n) is 25.4. The molecule has 0 aliphatic carbocycles. The number of allylic oxidation sites excluding steroid dienone is 4. The van der Waals surface area contributed by atoms with E-state index in [1.807, 2.05) is 0 Å². The number of rotatable bonds is 59. The molecule has 0 aromatic heterocycles. The second kappa shape index (κ2) is 55.5. The SMILES string of the molecule is CCCCCCC/C=C\C/C=C\CCCCCCCCCCCCCCCCCCCCCCCCCCCCCCCC(=O)NC(COC1OC(CO)C(OC2OC(CO)C(O)C(O)C2O)C(O)C1O)C(O)CCCCCCCCCCC. The van der Waals surface area contributed by atoms with Gasteiger partial charge in [0.2, 0.25) is 5.91 Å². The van der Waals surface area contributed by atoms with Crippen molar-refractivity contribution in [2.24, 2.45) is 0 Å². The van der Waals surface area contributed by atoms with Crippen LogP contribution in [0.4, 0.5) is 0 Å². The van der Waals surface area contributed by atoms with E-state index in [1.54, 1.807) is 0 Å². The van der Waals surface area contributed by atoms with Gasteiger partial charge in [0.15, 0.2) is 12.6 Å². The van der Waals surface area contributed by atoms with Crippen molar-refractivity contribution in [2.75, 3.05) is 19.8 Å². The Labute approximate surface area is 513 Å². The molecule has 14 heteroatoms. The van der Waals surface area contributed by atoms with Gasteiger partial charge in [-0.05, 0) is 44.9 Å². The van der Waals surface area contributed by atoms with E-state index in [0.717, 1.165) is 57.8 Å². The third-order valence-corrected chi connectivity index (χ3v) is 17.7. The first-order valence-corrected chi connectivity index (χ1v) is 35.6. The Kier molecular flexibility index (Phi) is 51.9. The molecule has 9 N–H and O–H groups in total. The van der Waals surface area contributed by atoms with Crippen LogP contribution in [0.3, 0.4) is 0 Å². The minimum Gasteiger partial charge on any atom is -0.394 e. The van der Waals surface area contributed by atoms with Crippen molar-refractivity contribution in [1.29, 1.82) is 0 Å². The molecule has 84 heavy (non-hydrogen) atoms. The molecule has 2 heterocycles. The van der Waals surface area contributed by atoms with Crippen LogP contribution in [0.15, 0.2) is 24.3 Å². The van der Waals surface area contributed by atoms with Gasteiger partial charge in [0.1, 0.15) is 48.8 Å². The lowest BCUT2D eigenvalue weighted by atomic mass is 9.97. The lowest BCUT2D eigenvalue weighted by Gasteiger charge is -2.46. The molecule has 12 atom stereocenters. The Morgan fingerprint density at radius 1 is 0.429 bits per heavy atom. The van der Waals surface area contributed by atoms with Gasteiger partial charge in [-0.2, -0.15) is 0 Å². The smallest absolute Gasteiger partial charge is 0.220 e. The van der Waals surface area contributed by atoms with E-state index >= 15 is 0 Å². The molecule has 2 rings (SSSR count). The van der Waals surface area contributed by atoms with E-state index in [2.05, 4.69) is 43.5 Å². The highest BCUT2D eigenvalue weighted by molar-refractivity contribution is 5.76. The second-order valence-corrected chi connectivity index (χ2v) is 25.4. The number of aliphatic hydroxyl groups is 8. The summed E-state index contributed by atoms with van der Waals surface area (Å²) >= 11 is 0. The summed E-state index contributed by atoms with van der Waals surface area (Å²) < 4.78 is 22.8. The Morgan fingerprint density at radius 2 is 0.786 bits per heavy atom. The van der Waals surface area contributed by atoms with Crippen molar-refractivity contribution < 1.29 is 64.6 Å².